The monoisotopic (exact) mass is 310 g/mol. The predicted octanol–water partition coefficient (Wildman–Crippen LogP) is 4.14. The molecule has 5 heteroatoms. The maximum Gasteiger partial charge on any atom is 0.128 e. The van der Waals surface area contributed by atoms with Crippen molar-refractivity contribution in [3.63, 3.8) is 0 Å². The van der Waals surface area contributed by atoms with E-state index in [0.717, 1.165) is 5.69 Å². The molecule has 1 unspecified atom stereocenters. The molecule has 0 radical (unpaired) electrons. The molecule has 21 heavy (non-hydrogen) atoms. The van der Waals surface area contributed by atoms with E-state index in [1.807, 2.05) is 11.8 Å². The van der Waals surface area contributed by atoms with Crippen LogP contribution in [0.3, 0.4) is 0 Å². The molecular weight excluding hydrogens is 294 g/mol. The molecular formula is C16H17ClF2N2. The van der Waals surface area contributed by atoms with Gasteiger partial charge in [-0.3, -0.25) is 0 Å². The summed E-state index contributed by atoms with van der Waals surface area (Å²) in [6, 6.07) is 10.1. The number of likely N-dealkylation sites (N-methyl/N-ethyl adjacent to an activating group) is 1. The van der Waals surface area contributed by atoms with Gasteiger partial charge in [0.25, 0.3) is 0 Å². The molecule has 0 saturated heterocycles. The lowest BCUT2D eigenvalue weighted by atomic mass is 10.0. The summed E-state index contributed by atoms with van der Waals surface area (Å²) >= 11 is 5.96. The smallest absolute Gasteiger partial charge is 0.128 e. The quantitative estimate of drug-likeness (QED) is 0.899. The third kappa shape index (κ3) is 3.52. The fraction of sp³-hybridized carbons (Fsp3) is 0.250. The number of hydrogen-bond donors (Lipinski definition) is 1. The molecule has 0 amide bonds. The van der Waals surface area contributed by atoms with Crippen molar-refractivity contribution in [2.75, 3.05) is 18.0 Å². The van der Waals surface area contributed by atoms with Crippen LogP contribution in [-0.2, 0) is 0 Å². The van der Waals surface area contributed by atoms with Gasteiger partial charge in [-0.1, -0.05) is 11.6 Å². The van der Waals surface area contributed by atoms with Crippen LogP contribution in [0.25, 0.3) is 0 Å². The largest absolute Gasteiger partial charge is 0.363 e. The summed E-state index contributed by atoms with van der Waals surface area (Å²) in [6.45, 7) is 2.77. The van der Waals surface area contributed by atoms with Crippen molar-refractivity contribution in [3.05, 3.63) is 64.7 Å². The molecule has 0 aliphatic heterocycles. The first-order valence-corrected chi connectivity index (χ1v) is 7.11. The first-order valence-electron chi connectivity index (χ1n) is 6.74. The van der Waals surface area contributed by atoms with Gasteiger partial charge in [0, 0.05) is 29.4 Å². The number of anilines is 1. The average molecular weight is 311 g/mol. The van der Waals surface area contributed by atoms with Gasteiger partial charge < -0.3 is 10.6 Å². The summed E-state index contributed by atoms with van der Waals surface area (Å²) in [7, 11) is 0. The molecule has 0 fully saturated rings. The lowest BCUT2D eigenvalue weighted by Crippen LogP contribution is -2.34. The van der Waals surface area contributed by atoms with Gasteiger partial charge in [0.05, 0.1) is 6.04 Å². The number of nitrogens with two attached hydrogens (primary N) is 1. The van der Waals surface area contributed by atoms with Crippen molar-refractivity contribution in [1.82, 2.24) is 0 Å². The molecule has 1 atom stereocenters. The fourth-order valence-electron chi connectivity index (χ4n) is 2.41. The van der Waals surface area contributed by atoms with Gasteiger partial charge in [0.2, 0.25) is 0 Å². The van der Waals surface area contributed by atoms with Crippen molar-refractivity contribution in [1.29, 1.82) is 0 Å². The zero-order valence-electron chi connectivity index (χ0n) is 11.7. The molecule has 0 aliphatic carbocycles. The van der Waals surface area contributed by atoms with E-state index in [0.29, 0.717) is 17.1 Å². The molecule has 0 aromatic heterocycles. The van der Waals surface area contributed by atoms with Crippen LogP contribution in [0.1, 0.15) is 18.5 Å². The minimum atomic E-state index is -0.362. The summed E-state index contributed by atoms with van der Waals surface area (Å²) < 4.78 is 27.1. The third-order valence-corrected chi connectivity index (χ3v) is 3.65. The first-order chi connectivity index (χ1) is 10.1. The predicted molar refractivity (Wildman–Crippen MR) is 82.6 cm³/mol. The van der Waals surface area contributed by atoms with E-state index in [9.17, 15) is 8.78 Å². The van der Waals surface area contributed by atoms with Crippen LogP contribution in [0.15, 0.2) is 42.5 Å². The summed E-state index contributed by atoms with van der Waals surface area (Å²) in [4.78, 5) is 1.92. The molecule has 2 aromatic carbocycles. The standard InChI is InChI=1S/C16H17ClF2N2/c1-2-21(13-6-4-12(18)5-7-13)16(10-20)14-9-11(17)3-8-15(14)19/h3-9,16H,2,10,20H2,1H3. The minimum absolute atomic E-state index is 0.225. The van der Waals surface area contributed by atoms with E-state index in [1.165, 1.54) is 24.3 Å². The average Bonchev–Trinajstić information content (AvgIpc) is 2.49. The molecule has 112 valence electrons. The van der Waals surface area contributed by atoms with Gasteiger partial charge >= 0.3 is 0 Å². The summed E-state index contributed by atoms with van der Waals surface area (Å²) in [5.74, 6) is -0.663. The van der Waals surface area contributed by atoms with Gasteiger partial charge in [-0.15, -0.1) is 0 Å². The SMILES string of the molecule is CCN(c1ccc(F)cc1)C(CN)c1cc(Cl)ccc1F. The number of nitrogens with zero attached hydrogens (tertiary/aromatic N) is 1. The minimum Gasteiger partial charge on any atom is -0.363 e. The van der Waals surface area contributed by atoms with Gasteiger partial charge in [0.15, 0.2) is 0 Å². The Balaban J connectivity index is 2.42. The summed E-state index contributed by atoms with van der Waals surface area (Å²) in [6.07, 6.45) is 0. The van der Waals surface area contributed by atoms with Crippen LogP contribution in [0.4, 0.5) is 14.5 Å². The van der Waals surface area contributed by atoms with Crippen molar-refractivity contribution in [3.8, 4) is 0 Å². The maximum atomic E-state index is 14.1. The molecule has 2 N–H and O–H groups in total. The van der Waals surface area contributed by atoms with Crippen LogP contribution in [0, 0.1) is 11.6 Å². The number of hydrogen-bond acceptors (Lipinski definition) is 2. The number of halogens is 3. The maximum absolute atomic E-state index is 14.1. The molecule has 0 aliphatic rings. The van der Waals surface area contributed by atoms with Crippen LogP contribution in [0.5, 0.6) is 0 Å². The van der Waals surface area contributed by atoms with Crippen LogP contribution in [-0.4, -0.2) is 13.1 Å². The van der Waals surface area contributed by atoms with E-state index in [-0.39, 0.29) is 24.2 Å². The first kappa shape index (κ1) is 15.7. The van der Waals surface area contributed by atoms with Gasteiger partial charge in [-0.05, 0) is 49.4 Å². The van der Waals surface area contributed by atoms with E-state index in [4.69, 9.17) is 17.3 Å². The molecule has 2 aromatic rings. The van der Waals surface area contributed by atoms with Crippen LogP contribution >= 0.6 is 11.6 Å². The zero-order valence-corrected chi connectivity index (χ0v) is 12.4. The number of rotatable bonds is 5. The van der Waals surface area contributed by atoms with Crippen molar-refractivity contribution >= 4 is 17.3 Å². The van der Waals surface area contributed by atoms with Crippen molar-refractivity contribution in [2.45, 2.75) is 13.0 Å². The molecule has 0 heterocycles. The highest BCUT2D eigenvalue weighted by Crippen LogP contribution is 2.29. The Morgan fingerprint density at radius 2 is 1.81 bits per heavy atom. The Labute approximate surface area is 128 Å². The number of benzene rings is 2. The second-order valence-electron chi connectivity index (χ2n) is 4.68. The molecule has 0 spiro atoms. The highest BCUT2D eigenvalue weighted by atomic mass is 35.5. The molecule has 2 nitrogen and oxygen atoms in total. The van der Waals surface area contributed by atoms with E-state index in [1.54, 1.807) is 18.2 Å². The van der Waals surface area contributed by atoms with E-state index < -0.39 is 0 Å². The zero-order chi connectivity index (χ0) is 15.4. The summed E-state index contributed by atoms with van der Waals surface area (Å²) in [5.41, 5.74) is 7.07. The highest BCUT2D eigenvalue weighted by molar-refractivity contribution is 6.30. The Kier molecular flexibility index (Phi) is 5.15. The van der Waals surface area contributed by atoms with E-state index >= 15 is 0 Å². The topological polar surface area (TPSA) is 29.3 Å². The second-order valence-corrected chi connectivity index (χ2v) is 5.12. The Morgan fingerprint density at radius 3 is 2.38 bits per heavy atom. The van der Waals surface area contributed by atoms with Gasteiger partial charge in [-0.25, -0.2) is 8.78 Å². The molecule has 2 rings (SSSR count). The van der Waals surface area contributed by atoms with E-state index in [2.05, 4.69) is 0 Å². The molecule has 0 bridgehead atoms. The Bertz CT molecular complexity index is 602. The third-order valence-electron chi connectivity index (χ3n) is 3.42. The fourth-order valence-corrected chi connectivity index (χ4v) is 2.59. The van der Waals surface area contributed by atoms with Crippen molar-refractivity contribution < 1.29 is 8.78 Å². The van der Waals surface area contributed by atoms with Gasteiger partial charge in [0.1, 0.15) is 11.6 Å². The lowest BCUT2D eigenvalue weighted by molar-refractivity contribution is 0.561. The summed E-state index contributed by atoms with van der Waals surface area (Å²) in [5, 5.41) is 0.458. The lowest BCUT2D eigenvalue weighted by Gasteiger charge is -2.32. The normalized spacial score (nSPS) is 12.2. The Morgan fingerprint density at radius 1 is 1.14 bits per heavy atom. The Hall–Kier alpha value is -1.65. The van der Waals surface area contributed by atoms with Crippen LogP contribution < -0.4 is 10.6 Å². The highest BCUT2D eigenvalue weighted by Gasteiger charge is 2.21. The molecule has 0 saturated carbocycles. The second kappa shape index (κ2) is 6.87. The van der Waals surface area contributed by atoms with Gasteiger partial charge in [-0.2, -0.15) is 0 Å². The van der Waals surface area contributed by atoms with Crippen molar-refractivity contribution in [2.24, 2.45) is 5.73 Å². The van der Waals surface area contributed by atoms with Crippen LogP contribution in [0.2, 0.25) is 5.02 Å².